The molecule has 1 fully saturated rings. The van der Waals surface area contributed by atoms with E-state index in [1.165, 1.54) is 6.20 Å². The van der Waals surface area contributed by atoms with Crippen LogP contribution in [0.2, 0.25) is 5.02 Å². The second-order valence-electron chi connectivity index (χ2n) is 7.91. The number of hydrogen-bond acceptors (Lipinski definition) is 6. The number of carbonyl (C=O) groups is 1. The molecule has 1 aliphatic carbocycles. The number of nitrogens with one attached hydrogen (secondary N) is 1. The molecule has 0 bridgehead atoms. The predicted molar refractivity (Wildman–Crippen MR) is 116 cm³/mol. The van der Waals surface area contributed by atoms with Crippen LogP contribution in [0.5, 0.6) is 5.75 Å². The first-order chi connectivity index (χ1) is 14.4. The van der Waals surface area contributed by atoms with Crippen LogP contribution in [0.3, 0.4) is 0 Å². The zero-order valence-corrected chi connectivity index (χ0v) is 18.3. The first kappa shape index (κ1) is 19.6. The summed E-state index contributed by atoms with van der Waals surface area (Å²) in [6.45, 7) is 0.367. The topological polar surface area (TPSA) is 98.8 Å². The van der Waals surface area contributed by atoms with Gasteiger partial charge in [-0.25, -0.2) is 9.98 Å². The van der Waals surface area contributed by atoms with Crippen LogP contribution in [-0.2, 0) is 10.3 Å². The third-order valence-corrected chi connectivity index (χ3v) is 6.85. The molecular formula is C21H20BrClN4O3. The fraction of sp³-hybridized carbons (Fsp3) is 0.381. The molecule has 3 N–H and O–H groups in total. The zero-order valence-electron chi connectivity index (χ0n) is 16.0. The number of aromatic nitrogens is 1. The van der Waals surface area contributed by atoms with Gasteiger partial charge in [0.15, 0.2) is 0 Å². The van der Waals surface area contributed by atoms with Gasteiger partial charge in [-0.2, -0.15) is 0 Å². The lowest BCUT2D eigenvalue weighted by molar-refractivity contribution is -0.00194. The number of nitrogens with zero attached hydrogens (tertiary/aromatic N) is 2. The lowest BCUT2D eigenvalue weighted by atomic mass is 9.67. The maximum absolute atomic E-state index is 12.7. The molecule has 2 unspecified atom stereocenters. The maximum Gasteiger partial charge on any atom is 0.283 e. The molecule has 2 aliphatic heterocycles. The Morgan fingerprint density at radius 2 is 2.17 bits per heavy atom. The van der Waals surface area contributed by atoms with Crippen LogP contribution in [-0.4, -0.2) is 35.7 Å². The molecule has 1 aromatic carbocycles. The number of ether oxygens (including phenoxy) is 2. The number of amides is 1. The minimum absolute atomic E-state index is 0.0151. The van der Waals surface area contributed by atoms with Crippen molar-refractivity contribution in [2.45, 2.75) is 36.9 Å². The summed E-state index contributed by atoms with van der Waals surface area (Å²) in [5.74, 6) is 0.627. The summed E-state index contributed by atoms with van der Waals surface area (Å²) in [6.07, 6.45) is 3.77. The van der Waals surface area contributed by atoms with Gasteiger partial charge in [-0.05, 0) is 49.6 Å². The van der Waals surface area contributed by atoms with Gasteiger partial charge in [0.25, 0.3) is 11.9 Å². The highest BCUT2D eigenvalue weighted by molar-refractivity contribution is 9.10. The number of pyridine rings is 1. The van der Waals surface area contributed by atoms with Crippen molar-refractivity contribution in [2.24, 2.45) is 16.6 Å². The van der Waals surface area contributed by atoms with E-state index in [1.54, 1.807) is 12.1 Å². The van der Waals surface area contributed by atoms with Gasteiger partial charge in [0.05, 0.1) is 5.02 Å². The second-order valence-corrected chi connectivity index (χ2v) is 9.26. The van der Waals surface area contributed by atoms with Crippen molar-refractivity contribution in [3.05, 3.63) is 57.3 Å². The average molecular weight is 492 g/mol. The molecule has 3 heterocycles. The van der Waals surface area contributed by atoms with Crippen LogP contribution < -0.4 is 15.8 Å². The Labute approximate surface area is 187 Å². The molecule has 0 radical (unpaired) electrons. The van der Waals surface area contributed by atoms with Gasteiger partial charge in [-0.3, -0.25) is 4.79 Å². The Kier molecular flexibility index (Phi) is 4.86. The van der Waals surface area contributed by atoms with Crippen LogP contribution in [0.1, 0.15) is 35.3 Å². The molecule has 1 aromatic heterocycles. The van der Waals surface area contributed by atoms with Crippen molar-refractivity contribution in [2.75, 3.05) is 6.61 Å². The number of aliphatic imine (C=N–C) groups is 1. The van der Waals surface area contributed by atoms with Crippen LogP contribution in [0.25, 0.3) is 0 Å². The largest absolute Gasteiger partial charge is 0.490 e. The van der Waals surface area contributed by atoms with Crippen molar-refractivity contribution in [3.8, 4) is 5.75 Å². The van der Waals surface area contributed by atoms with E-state index in [1.807, 2.05) is 18.2 Å². The van der Waals surface area contributed by atoms with Crippen LogP contribution in [0.15, 0.2) is 46.0 Å². The van der Waals surface area contributed by atoms with Gasteiger partial charge in [0, 0.05) is 28.2 Å². The first-order valence-electron chi connectivity index (χ1n) is 9.82. The average Bonchev–Trinajstić information content (AvgIpc) is 3.12. The highest BCUT2D eigenvalue weighted by atomic mass is 79.9. The maximum atomic E-state index is 12.7. The van der Waals surface area contributed by atoms with Gasteiger partial charge in [0.1, 0.15) is 29.7 Å². The van der Waals surface area contributed by atoms with Crippen LogP contribution in [0.4, 0.5) is 0 Å². The third-order valence-electron chi connectivity index (χ3n) is 6.13. The molecule has 2 aromatic rings. The quantitative estimate of drug-likeness (QED) is 0.671. The summed E-state index contributed by atoms with van der Waals surface area (Å²) in [5, 5.41) is 3.61. The molecule has 7 nitrogen and oxygen atoms in total. The van der Waals surface area contributed by atoms with E-state index in [0.717, 1.165) is 28.6 Å². The number of benzene rings is 1. The Balaban J connectivity index is 1.43. The van der Waals surface area contributed by atoms with E-state index in [9.17, 15) is 4.79 Å². The second kappa shape index (κ2) is 7.42. The molecule has 0 saturated heterocycles. The highest BCUT2D eigenvalue weighted by Gasteiger charge is 2.55. The molecule has 1 saturated carbocycles. The Hall–Kier alpha value is -2.32. The predicted octanol–water partition coefficient (Wildman–Crippen LogP) is 3.40. The number of nitrogens with two attached hydrogens (primary N) is 1. The Bertz CT molecular complexity index is 1030. The molecule has 4 atom stereocenters. The lowest BCUT2D eigenvalue weighted by Crippen LogP contribution is -2.54. The number of halogens is 2. The molecule has 3 aliphatic rings. The minimum Gasteiger partial charge on any atom is -0.490 e. The molecule has 30 heavy (non-hydrogen) atoms. The molecule has 9 heteroatoms. The van der Waals surface area contributed by atoms with E-state index in [0.29, 0.717) is 23.7 Å². The fourth-order valence-electron chi connectivity index (χ4n) is 4.77. The monoisotopic (exact) mass is 490 g/mol. The molecule has 1 spiro atoms. The van der Waals surface area contributed by atoms with E-state index in [4.69, 9.17) is 31.8 Å². The van der Waals surface area contributed by atoms with E-state index in [2.05, 4.69) is 26.2 Å². The number of hydrogen-bond donors (Lipinski definition) is 2. The van der Waals surface area contributed by atoms with Crippen molar-refractivity contribution < 1.29 is 14.3 Å². The van der Waals surface area contributed by atoms with Gasteiger partial charge in [-0.15, -0.1) is 0 Å². The fourth-order valence-corrected chi connectivity index (χ4v) is 5.24. The van der Waals surface area contributed by atoms with Gasteiger partial charge < -0.3 is 20.5 Å². The van der Waals surface area contributed by atoms with Crippen molar-refractivity contribution in [1.82, 2.24) is 10.3 Å². The zero-order chi connectivity index (χ0) is 20.9. The molecule has 5 rings (SSSR count). The SMILES string of the molecule is NC1=N[C@]2(CO1)c1cc(Br)ccc1OC1CCC(NC(=O)c3ccc(Cl)cn3)C[C@H]12. The van der Waals surface area contributed by atoms with E-state index >= 15 is 0 Å². The van der Waals surface area contributed by atoms with E-state index < -0.39 is 5.54 Å². The number of carbonyl (C=O) groups excluding carboxylic acids is 1. The Morgan fingerprint density at radius 1 is 1.30 bits per heavy atom. The van der Waals surface area contributed by atoms with Gasteiger partial charge in [-0.1, -0.05) is 27.5 Å². The smallest absolute Gasteiger partial charge is 0.283 e. The van der Waals surface area contributed by atoms with Crippen molar-refractivity contribution in [3.63, 3.8) is 0 Å². The molecule has 156 valence electrons. The van der Waals surface area contributed by atoms with Crippen molar-refractivity contribution >= 4 is 39.5 Å². The van der Waals surface area contributed by atoms with Crippen molar-refractivity contribution in [1.29, 1.82) is 0 Å². The summed E-state index contributed by atoms with van der Waals surface area (Å²) in [5.41, 5.74) is 6.64. The summed E-state index contributed by atoms with van der Waals surface area (Å²) >= 11 is 9.42. The van der Waals surface area contributed by atoms with E-state index in [-0.39, 0.29) is 30.0 Å². The summed E-state index contributed by atoms with van der Waals surface area (Å²) < 4.78 is 12.9. The Morgan fingerprint density at radius 3 is 2.90 bits per heavy atom. The number of amidine groups is 1. The molecular weight excluding hydrogens is 472 g/mol. The summed E-state index contributed by atoms with van der Waals surface area (Å²) in [4.78, 5) is 21.5. The minimum atomic E-state index is -0.617. The number of fused-ring (bicyclic) bond motifs is 4. The normalized spacial score (nSPS) is 29.3. The number of rotatable bonds is 2. The highest BCUT2D eigenvalue weighted by Crippen LogP contribution is 2.52. The summed E-state index contributed by atoms with van der Waals surface area (Å²) in [6, 6.07) is 9.39. The lowest BCUT2D eigenvalue weighted by Gasteiger charge is -2.48. The van der Waals surface area contributed by atoms with Crippen LogP contribution in [0, 0.1) is 5.92 Å². The van der Waals surface area contributed by atoms with Crippen LogP contribution >= 0.6 is 27.5 Å². The molecule has 1 amide bonds. The summed E-state index contributed by atoms with van der Waals surface area (Å²) in [7, 11) is 0. The van der Waals surface area contributed by atoms with Gasteiger partial charge >= 0.3 is 0 Å². The standard InChI is InChI=1S/C21H20BrClN4O3/c22-11-1-5-17-14(7-11)21(10-29-20(24)27-21)15-8-13(3-6-18(15)30-17)26-19(28)16-4-2-12(23)9-25-16/h1-2,4-5,7,9,13,15,18H,3,6,8,10H2,(H2,24,27)(H,26,28)/t13?,15-,18?,21-/m1/s1. The third kappa shape index (κ3) is 3.32. The van der Waals surface area contributed by atoms with Gasteiger partial charge in [0.2, 0.25) is 0 Å². The first-order valence-corrected chi connectivity index (χ1v) is 11.0.